The van der Waals surface area contributed by atoms with Crippen LogP contribution in [0, 0.1) is 5.82 Å². The molecule has 112 valence electrons. The molecule has 0 spiro atoms. The summed E-state index contributed by atoms with van der Waals surface area (Å²) in [5.41, 5.74) is 2.00. The highest BCUT2D eigenvalue weighted by atomic mass is 35.5. The van der Waals surface area contributed by atoms with E-state index in [0.29, 0.717) is 0 Å². The molecule has 1 aromatic heterocycles. The van der Waals surface area contributed by atoms with Gasteiger partial charge in [-0.2, -0.15) is 0 Å². The lowest BCUT2D eigenvalue weighted by Gasteiger charge is -2.07. The summed E-state index contributed by atoms with van der Waals surface area (Å²) >= 11 is 5.90. The van der Waals surface area contributed by atoms with Gasteiger partial charge in [-0.25, -0.2) is 4.39 Å². The van der Waals surface area contributed by atoms with Crippen LogP contribution in [0.4, 0.5) is 4.39 Å². The Bertz CT molecular complexity index is 808. The van der Waals surface area contributed by atoms with E-state index >= 15 is 0 Å². The molecule has 0 saturated heterocycles. The highest BCUT2D eigenvalue weighted by Crippen LogP contribution is 2.21. The molecule has 1 heterocycles. The summed E-state index contributed by atoms with van der Waals surface area (Å²) in [6.45, 7) is -0.174. The lowest BCUT2D eigenvalue weighted by Crippen LogP contribution is -2.08. The first-order chi connectivity index (χ1) is 10.6. The second-order valence-electron chi connectivity index (χ2n) is 4.90. The van der Waals surface area contributed by atoms with Gasteiger partial charge in [0.1, 0.15) is 12.4 Å². The predicted molar refractivity (Wildman–Crippen MR) is 83.2 cm³/mol. The van der Waals surface area contributed by atoms with Gasteiger partial charge in [0, 0.05) is 22.7 Å². The Labute approximate surface area is 131 Å². The number of benzene rings is 2. The smallest absolute Gasteiger partial charge is 0.310 e. The van der Waals surface area contributed by atoms with E-state index in [9.17, 15) is 9.18 Å². The second-order valence-corrected chi connectivity index (χ2v) is 5.30. The number of aromatic amines is 1. The number of halogens is 2. The molecule has 1 N–H and O–H groups in total. The van der Waals surface area contributed by atoms with Crippen molar-refractivity contribution in [2.45, 2.75) is 13.0 Å². The van der Waals surface area contributed by atoms with E-state index < -0.39 is 11.8 Å². The molecular weight excluding hydrogens is 305 g/mol. The number of carbonyl (C=O) groups excluding carboxylic acids is 1. The summed E-state index contributed by atoms with van der Waals surface area (Å²) in [5.74, 6) is -0.906. The number of rotatable bonds is 4. The molecule has 0 saturated carbocycles. The van der Waals surface area contributed by atoms with E-state index in [1.165, 1.54) is 12.1 Å². The zero-order chi connectivity index (χ0) is 15.5. The molecular formula is C17H13ClFNO2. The number of esters is 1. The number of nitrogens with one attached hydrogen (secondary N) is 1. The average Bonchev–Trinajstić information content (AvgIpc) is 2.90. The van der Waals surface area contributed by atoms with E-state index in [2.05, 4.69) is 4.98 Å². The van der Waals surface area contributed by atoms with E-state index in [4.69, 9.17) is 16.3 Å². The van der Waals surface area contributed by atoms with Crippen molar-refractivity contribution in [3.8, 4) is 0 Å². The maximum Gasteiger partial charge on any atom is 0.310 e. The zero-order valence-electron chi connectivity index (χ0n) is 11.6. The van der Waals surface area contributed by atoms with Gasteiger partial charge >= 0.3 is 5.97 Å². The number of hydrogen-bond acceptors (Lipinski definition) is 2. The molecule has 3 nitrogen and oxygen atoms in total. The molecule has 0 aliphatic rings. The minimum atomic E-state index is -0.479. The van der Waals surface area contributed by atoms with Crippen molar-refractivity contribution in [2.24, 2.45) is 0 Å². The lowest BCUT2D eigenvalue weighted by atomic mass is 10.1. The van der Waals surface area contributed by atoms with Crippen molar-refractivity contribution in [3.63, 3.8) is 0 Å². The number of hydrogen-bond donors (Lipinski definition) is 1. The summed E-state index contributed by atoms with van der Waals surface area (Å²) in [5, 5.41) is 1.23. The molecule has 2 aromatic carbocycles. The number of para-hydroxylation sites is 1. The number of carbonyl (C=O) groups is 1. The maximum absolute atomic E-state index is 13.6. The number of ether oxygens (including phenoxy) is 1. The van der Waals surface area contributed by atoms with Crippen LogP contribution in [-0.2, 0) is 22.6 Å². The molecule has 3 rings (SSSR count). The van der Waals surface area contributed by atoms with Gasteiger partial charge in [0.2, 0.25) is 0 Å². The van der Waals surface area contributed by atoms with Gasteiger partial charge in [0.25, 0.3) is 0 Å². The van der Waals surface area contributed by atoms with Crippen LogP contribution in [0.3, 0.4) is 0 Å². The van der Waals surface area contributed by atoms with Crippen molar-refractivity contribution in [1.82, 2.24) is 4.98 Å². The minimum Gasteiger partial charge on any atom is -0.460 e. The Hall–Kier alpha value is -2.33. The predicted octanol–water partition coefficient (Wildman–Crippen LogP) is 4.25. The Kier molecular flexibility index (Phi) is 4.11. The van der Waals surface area contributed by atoms with Crippen molar-refractivity contribution in [1.29, 1.82) is 0 Å². The summed E-state index contributed by atoms with van der Waals surface area (Å²) < 4.78 is 18.7. The zero-order valence-corrected chi connectivity index (χ0v) is 12.4. The molecule has 0 unspecified atom stereocenters. The summed E-state index contributed by atoms with van der Waals surface area (Å²) in [6, 6.07) is 12.0. The van der Waals surface area contributed by atoms with Crippen molar-refractivity contribution >= 4 is 28.5 Å². The van der Waals surface area contributed by atoms with Gasteiger partial charge in [0.05, 0.1) is 11.4 Å². The van der Waals surface area contributed by atoms with Gasteiger partial charge in [0.15, 0.2) is 0 Å². The Morgan fingerprint density at radius 1 is 1.18 bits per heavy atom. The normalized spacial score (nSPS) is 10.8. The van der Waals surface area contributed by atoms with Crippen LogP contribution in [0.15, 0.2) is 48.7 Å². The molecule has 0 atom stereocenters. The van der Waals surface area contributed by atoms with Gasteiger partial charge < -0.3 is 9.72 Å². The first-order valence-electron chi connectivity index (χ1n) is 6.78. The van der Waals surface area contributed by atoms with Gasteiger partial charge in [-0.3, -0.25) is 4.79 Å². The highest BCUT2D eigenvalue weighted by molar-refractivity contribution is 6.31. The van der Waals surface area contributed by atoms with E-state index in [0.717, 1.165) is 16.5 Å². The van der Waals surface area contributed by atoms with Gasteiger partial charge in [-0.05, 0) is 23.8 Å². The van der Waals surface area contributed by atoms with Gasteiger partial charge in [-0.15, -0.1) is 0 Å². The Balaban J connectivity index is 1.68. The van der Waals surface area contributed by atoms with Crippen LogP contribution < -0.4 is 0 Å². The molecule has 0 aliphatic carbocycles. The minimum absolute atomic E-state index is 0.121. The number of fused-ring (bicyclic) bond motifs is 1. The number of aromatic nitrogens is 1. The van der Waals surface area contributed by atoms with Crippen LogP contribution in [0.1, 0.15) is 11.1 Å². The largest absolute Gasteiger partial charge is 0.460 e. The third-order valence-corrected chi connectivity index (χ3v) is 3.80. The quantitative estimate of drug-likeness (QED) is 0.731. The third kappa shape index (κ3) is 2.97. The molecule has 22 heavy (non-hydrogen) atoms. The fourth-order valence-corrected chi connectivity index (χ4v) is 2.52. The van der Waals surface area contributed by atoms with E-state index in [1.54, 1.807) is 12.3 Å². The third-order valence-electron chi connectivity index (χ3n) is 3.45. The summed E-state index contributed by atoms with van der Waals surface area (Å²) in [6.07, 6.45) is 1.90. The fourth-order valence-electron chi connectivity index (χ4n) is 2.31. The molecule has 0 bridgehead atoms. The fraction of sp³-hybridized carbons (Fsp3) is 0.118. The van der Waals surface area contributed by atoms with E-state index in [-0.39, 0.29) is 23.6 Å². The van der Waals surface area contributed by atoms with Crippen molar-refractivity contribution < 1.29 is 13.9 Å². The summed E-state index contributed by atoms with van der Waals surface area (Å²) in [7, 11) is 0. The molecule has 0 aliphatic heterocycles. The topological polar surface area (TPSA) is 42.1 Å². The first-order valence-corrected chi connectivity index (χ1v) is 7.16. The lowest BCUT2D eigenvalue weighted by molar-refractivity contribution is -0.144. The molecule has 0 radical (unpaired) electrons. The van der Waals surface area contributed by atoms with Crippen LogP contribution >= 0.6 is 11.6 Å². The molecule has 3 aromatic rings. The van der Waals surface area contributed by atoms with Crippen LogP contribution in [0.25, 0.3) is 10.9 Å². The Morgan fingerprint density at radius 3 is 2.82 bits per heavy atom. The Morgan fingerprint density at radius 2 is 2.00 bits per heavy atom. The second kappa shape index (κ2) is 6.20. The van der Waals surface area contributed by atoms with Crippen LogP contribution in [-0.4, -0.2) is 11.0 Å². The molecule has 0 amide bonds. The average molecular weight is 318 g/mol. The highest BCUT2D eigenvalue weighted by Gasteiger charge is 2.12. The SMILES string of the molecule is O=C(Cc1c[nH]c2ccccc12)OCc1c(F)cccc1Cl. The standard InChI is InChI=1S/C17H13ClFNO2/c18-14-5-3-6-15(19)13(14)10-22-17(21)8-11-9-20-16-7-2-1-4-12(11)16/h1-7,9,20H,8,10H2. The van der Waals surface area contributed by atoms with Crippen molar-refractivity contribution in [3.05, 3.63) is 70.6 Å². The molecule has 5 heteroatoms. The van der Waals surface area contributed by atoms with Crippen LogP contribution in [0.5, 0.6) is 0 Å². The monoisotopic (exact) mass is 317 g/mol. The number of H-pyrrole nitrogens is 1. The van der Waals surface area contributed by atoms with Gasteiger partial charge in [-0.1, -0.05) is 35.9 Å². The first kappa shape index (κ1) is 14.6. The summed E-state index contributed by atoms with van der Waals surface area (Å²) in [4.78, 5) is 15.0. The maximum atomic E-state index is 13.6. The van der Waals surface area contributed by atoms with Crippen LogP contribution in [0.2, 0.25) is 5.02 Å². The van der Waals surface area contributed by atoms with Crippen molar-refractivity contribution in [2.75, 3.05) is 0 Å². The molecule has 0 fully saturated rings. The van der Waals surface area contributed by atoms with E-state index in [1.807, 2.05) is 24.3 Å².